The molecule has 33 heavy (non-hydrogen) atoms. The number of carbonyl (C=O) groups is 3. The number of amides is 2. The van der Waals surface area contributed by atoms with Crippen LogP contribution in [0.2, 0.25) is 0 Å². The maximum atomic E-state index is 13.1. The lowest BCUT2D eigenvalue weighted by Crippen LogP contribution is -2.44. The van der Waals surface area contributed by atoms with Gasteiger partial charge in [0.25, 0.3) is 5.91 Å². The van der Waals surface area contributed by atoms with Crippen molar-refractivity contribution < 1.29 is 23.6 Å². The van der Waals surface area contributed by atoms with Crippen LogP contribution in [0.5, 0.6) is 0 Å². The van der Waals surface area contributed by atoms with Gasteiger partial charge in [-0.2, -0.15) is 5.06 Å². The Bertz CT molecular complexity index is 936. The summed E-state index contributed by atoms with van der Waals surface area (Å²) in [6.45, 7) is 1.86. The Morgan fingerprint density at radius 3 is 2.55 bits per heavy atom. The number of hydrogen-bond acceptors (Lipinski definition) is 5. The Morgan fingerprint density at radius 1 is 1.15 bits per heavy atom. The van der Waals surface area contributed by atoms with E-state index in [4.69, 9.17) is 4.84 Å². The molecule has 3 rings (SSSR count). The summed E-state index contributed by atoms with van der Waals surface area (Å²) in [7, 11) is 0. The molecule has 1 aromatic heterocycles. The van der Waals surface area contributed by atoms with Crippen LogP contribution in [0.1, 0.15) is 43.7 Å². The Morgan fingerprint density at radius 2 is 1.85 bits per heavy atom. The van der Waals surface area contributed by atoms with Gasteiger partial charge in [0.05, 0.1) is 12.5 Å². The first-order valence-corrected chi connectivity index (χ1v) is 11.3. The number of aromatic nitrogens is 1. The summed E-state index contributed by atoms with van der Waals surface area (Å²) in [5.74, 6) is -2.12. The van der Waals surface area contributed by atoms with Crippen molar-refractivity contribution in [2.24, 2.45) is 11.8 Å². The largest absolute Gasteiger partial charge is 0.355 e. The van der Waals surface area contributed by atoms with Crippen LogP contribution < -0.4 is 5.32 Å². The minimum absolute atomic E-state index is 0.114. The van der Waals surface area contributed by atoms with Gasteiger partial charge in [0.1, 0.15) is 5.82 Å². The van der Waals surface area contributed by atoms with Crippen LogP contribution in [0.25, 0.3) is 0 Å². The van der Waals surface area contributed by atoms with E-state index in [1.165, 1.54) is 24.1 Å². The maximum absolute atomic E-state index is 13.1. The lowest BCUT2D eigenvalue weighted by molar-refractivity contribution is -0.208. The van der Waals surface area contributed by atoms with E-state index in [1.54, 1.807) is 24.5 Å². The molecule has 176 valence electrons. The highest BCUT2D eigenvalue weighted by molar-refractivity contribution is 5.81. The molecule has 1 aliphatic heterocycles. The third kappa shape index (κ3) is 7.66. The molecule has 0 aliphatic carbocycles. The van der Waals surface area contributed by atoms with Gasteiger partial charge in [0.2, 0.25) is 5.91 Å². The number of nitrogens with zero attached hydrogens (tertiary/aromatic N) is 2. The Hall–Kier alpha value is -3.29. The fourth-order valence-corrected chi connectivity index (χ4v) is 3.91. The Kier molecular flexibility index (Phi) is 8.92. The first-order valence-electron chi connectivity index (χ1n) is 11.3. The molecule has 1 aliphatic rings. The summed E-state index contributed by atoms with van der Waals surface area (Å²) in [5, 5.41) is 3.84. The van der Waals surface area contributed by atoms with Crippen molar-refractivity contribution in [1.29, 1.82) is 0 Å². The molecule has 7 nitrogen and oxygen atoms in total. The number of benzene rings is 1. The Balaban J connectivity index is 1.57. The average Bonchev–Trinajstić information content (AvgIpc) is 2.81. The number of nitrogens with one attached hydrogen (secondary N) is 1. The second-order valence-electron chi connectivity index (χ2n) is 8.38. The number of halogens is 1. The minimum atomic E-state index is -0.621. The van der Waals surface area contributed by atoms with Gasteiger partial charge in [0.15, 0.2) is 0 Å². The van der Waals surface area contributed by atoms with E-state index in [-0.39, 0.29) is 30.1 Å². The minimum Gasteiger partial charge on any atom is -0.355 e. The highest BCUT2D eigenvalue weighted by Crippen LogP contribution is 2.24. The molecule has 1 fully saturated rings. The average molecular weight is 456 g/mol. The van der Waals surface area contributed by atoms with Crippen molar-refractivity contribution in [3.63, 3.8) is 0 Å². The summed E-state index contributed by atoms with van der Waals surface area (Å²) >= 11 is 0. The number of piperidine rings is 1. The van der Waals surface area contributed by atoms with Crippen LogP contribution in [0.4, 0.5) is 4.39 Å². The lowest BCUT2D eigenvalue weighted by atomic mass is 9.92. The molecule has 2 aromatic rings. The van der Waals surface area contributed by atoms with E-state index in [0.717, 1.165) is 30.4 Å². The third-order valence-corrected chi connectivity index (χ3v) is 5.87. The molecule has 8 heteroatoms. The second-order valence-corrected chi connectivity index (χ2v) is 8.38. The molecule has 2 atom stereocenters. The first kappa shape index (κ1) is 24.4. The highest BCUT2D eigenvalue weighted by atomic mass is 19.1. The molecule has 0 radical (unpaired) electrons. The SMILES string of the molecule is CC(=O)NCC(CCc1ccc(F)cc1)C(=O)ON1CCC[C@@H](CCc2ccncc2)C1=O. The summed E-state index contributed by atoms with van der Waals surface area (Å²) in [5.41, 5.74) is 1.99. The number of pyridine rings is 1. The van der Waals surface area contributed by atoms with Gasteiger partial charge in [-0.25, -0.2) is 9.18 Å². The van der Waals surface area contributed by atoms with Crippen molar-refractivity contribution in [3.05, 3.63) is 65.7 Å². The van der Waals surface area contributed by atoms with E-state index >= 15 is 0 Å². The van der Waals surface area contributed by atoms with Crippen LogP contribution in [0, 0.1) is 17.7 Å². The zero-order chi connectivity index (χ0) is 23.6. The summed E-state index contributed by atoms with van der Waals surface area (Å²) in [6, 6.07) is 9.93. The van der Waals surface area contributed by atoms with E-state index < -0.39 is 11.9 Å². The van der Waals surface area contributed by atoms with Crippen LogP contribution >= 0.6 is 0 Å². The number of aryl methyl sites for hydroxylation is 2. The van der Waals surface area contributed by atoms with Crippen molar-refractivity contribution in [3.8, 4) is 0 Å². The van der Waals surface area contributed by atoms with Crippen molar-refractivity contribution in [2.75, 3.05) is 13.1 Å². The number of hydrogen-bond donors (Lipinski definition) is 1. The molecule has 0 saturated carbocycles. The second kappa shape index (κ2) is 12.1. The fourth-order valence-electron chi connectivity index (χ4n) is 3.91. The first-order chi connectivity index (χ1) is 15.9. The zero-order valence-electron chi connectivity index (χ0n) is 18.8. The lowest BCUT2D eigenvalue weighted by Gasteiger charge is -2.31. The van der Waals surface area contributed by atoms with E-state index in [1.807, 2.05) is 12.1 Å². The number of hydroxylamine groups is 2. The standard InChI is InChI=1S/C25H30FN3O4/c1-18(30)28-17-22(9-5-19-6-10-23(26)11-7-19)25(32)33-29-16-2-3-21(24(29)31)8-4-20-12-14-27-15-13-20/h6-7,10-15,21-22H,2-5,8-9,16-17H2,1H3,(H,28,30)/t21-,22?/m0/s1. The molecule has 1 aromatic carbocycles. The summed E-state index contributed by atoms with van der Waals surface area (Å²) in [6.07, 6.45) is 7.32. The van der Waals surface area contributed by atoms with Crippen LogP contribution in [0.15, 0.2) is 48.8 Å². The molecule has 2 heterocycles. The smallest absolute Gasteiger partial charge is 0.337 e. The van der Waals surface area contributed by atoms with E-state index in [0.29, 0.717) is 25.8 Å². The van der Waals surface area contributed by atoms with Crippen LogP contribution in [0.3, 0.4) is 0 Å². The summed E-state index contributed by atoms with van der Waals surface area (Å²) in [4.78, 5) is 46.7. The third-order valence-electron chi connectivity index (χ3n) is 5.87. The van der Waals surface area contributed by atoms with Gasteiger partial charge >= 0.3 is 5.97 Å². The van der Waals surface area contributed by atoms with Crippen LogP contribution in [-0.2, 0) is 32.1 Å². The van der Waals surface area contributed by atoms with Gasteiger partial charge in [-0.15, -0.1) is 0 Å². The molecule has 1 unspecified atom stereocenters. The number of carbonyl (C=O) groups excluding carboxylic acids is 3. The van der Waals surface area contributed by atoms with Crippen molar-refractivity contribution in [1.82, 2.24) is 15.4 Å². The van der Waals surface area contributed by atoms with E-state index in [9.17, 15) is 18.8 Å². The monoisotopic (exact) mass is 455 g/mol. The predicted octanol–water partition coefficient (Wildman–Crippen LogP) is 3.24. The predicted molar refractivity (Wildman–Crippen MR) is 120 cm³/mol. The van der Waals surface area contributed by atoms with Crippen molar-refractivity contribution >= 4 is 17.8 Å². The number of rotatable bonds is 10. The van der Waals surface area contributed by atoms with Gasteiger partial charge in [-0.05, 0) is 73.9 Å². The molecule has 2 amide bonds. The zero-order valence-corrected chi connectivity index (χ0v) is 18.8. The maximum Gasteiger partial charge on any atom is 0.337 e. The summed E-state index contributed by atoms with van der Waals surface area (Å²) < 4.78 is 13.1. The molecule has 0 bridgehead atoms. The topological polar surface area (TPSA) is 88.6 Å². The normalized spacial score (nSPS) is 16.8. The van der Waals surface area contributed by atoms with Crippen molar-refractivity contribution in [2.45, 2.75) is 45.4 Å². The van der Waals surface area contributed by atoms with Gasteiger partial charge in [-0.1, -0.05) is 12.1 Å². The van der Waals surface area contributed by atoms with Gasteiger partial charge in [0, 0.05) is 31.8 Å². The molecular formula is C25H30FN3O4. The van der Waals surface area contributed by atoms with Crippen LogP contribution in [-0.4, -0.2) is 40.9 Å². The van der Waals surface area contributed by atoms with Gasteiger partial charge < -0.3 is 10.2 Å². The Labute approximate surface area is 193 Å². The fraction of sp³-hybridized carbons (Fsp3) is 0.440. The highest BCUT2D eigenvalue weighted by Gasteiger charge is 2.33. The quantitative estimate of drug-likeness (QED) is 0.594. The molecule has 0 spiro atoms. The van der Waals surface area contributed by atoms with E-state index in [2.05, 4.69) is 10.3 Å². The molecule has 1 saturated heterocycles. The van der Waals surface area contributed by atoms with Gasteiger partial charge in [-0.3, -0.25) is 14.6 Å². The molecular weight excluding hydrogens is 425 g/mol. The molecule has 1 N–H and O–H groups in total.